The van der Waals surface area contributed by atoms with Crippen molar-refractivity contribution in [3.8, 4) is 0 Å². The van der Waals surface area contributed by atoms with E-state index in [0.717, 1.165) is 0 Å². The average Bonchev–Trinajstić information content (AvgIpc) is 2.75. The van der Waals surface area contributed by atoms with Crippen molar-refractivity contribution >= 4 is 11.7 Å². The minimum atomic E-state index is -0.361. The Hall–Kier alpha value is -2.44. The van der Waals surface area contributed by atoms with Gasteiger partial charge in [0.25, 0.3) is 5.56 Å². The molecule has 0 aromatic carbocycles. The zero-order valence-corrected chi connectivity index (χ0v) is 10.9. The van der Waals surface area contributed by atoms with Crippen molar-refractivity contribution in [3.05, 3.63) is 39.8 Å². The van der Waals surface area contributed by atoms with Crippen molar-refractivity contribution in [2.24, 2.45) is 0 Å². The lowest BCUT2D eigenvalue weighted by molar-refractivity contribution is -0.116. The molecule has 0 unspecified atom stereocenters. The van der Waals surface area contributed by atoms with Gasteiger partial charge in [0.05, 0.1) is 6.33 Å². The van der Waals surface area contributed by atoms with Crippen LogP contribution >= 0.6 is 0 Å². The Balaban J connectivity index is 2.11. The summed E-state index contributed by atoms with van der Waals surface area (Å²) in [7, 11) is 0. The van der Waals surface area contributed by atoms with Gasteiger partial charge in [0.2, 0.25) is 5.91 Å². The number of nitrogens with zero attached hydrogens (tertiary/aromatic N) is 3. The van der Waals surface area contributed by atoms with E-state index in [1.165, 1.54) is 10.9 Å². The van der Waals surface area contributed by atoms with Crippen LogP contribution in [0, 0.1) is 20.8 Å². The molecule has 2 aromatic heterocycles. The molecule has 7 nitrogen and oxygen atoms in total. The minimum absolute atomic E-state index is 0.112. The standard InChI is InChI=1S/C12H14N4O3/c1-7-4-10(15-19-7)14-11(17)5-16-6-13-9(3)8(2)12(16)18/h4,6H,5H2,1-3H3,(H,14,15,17). The molecule has 1 N–H and O–H groups in total. The van der Waals surface area contributed by atoms with Gasteiger partial charge in [-0.2, -0.15) is 0 Å². The van der Waals surface area contributed by atoms with E-state index in [9.17, 15) is 9.59 Å². The molecule has 2 heterocycles. The number of amides is 1. The molecule has 2 aromatic rings. The van der Waals surface area contributed by atoms with Crippen LogP contribution < -0.4 is 10.9 Å². The number of anilines is 1. The van der Waals surface area contributed by atoms with Gasteiger partial charge in [0.15, 0.2) is 5.82 Å². The smallest absolute Gasteiger partial charge is 0.256 e. The number of carbonyl (C=O) groups is 1. The second kappa shape index (κ2) is 5.05. The molecule has 0 saturated heterocycles. The summed E-state index contributed by atoms with van der Waals surface area (Å²) in [5.74, 6) is 0.563. The molecule has 0 bridgehead atoms. The highest BCUT2D eigenvalue weighted by Crippen LogP contribution is 2.06. The third kappa shape index (κ3) is 2.87. The summed E-state index contributed by atoms with van der Waals surface area (Å²) in [6.07, 6.45) is 1.36. The Morgan fingerprint density at radius 2 is 2.16 bits per heavy atom. The summed E-state index contributed by atoms with van der Waals surface area (Å²) in [6.45, 7) is 5.04. The Kier molecular flexibility index (Phi) is 3.46. The van der Waals surface area contributed by atoms with Crippen LogP contribution in [0.25, 0.3) is 0 Å². The van der Waals surface area contributed by atoms with Crippen molar-refractivity contribution < 1.29 is 9.32 Å². The van der Waals surface area contributed by atoms with Crippen LogP contribution in [-0.2, 0) is 11.3 Å². The van der Waals surface area contributed by atoms with Crippen LogP contribution in [0.15, 0.2) is 21.7 Å². The van der Waals surface area contributed by atoms with Crippen molar-refractivity contribution in [1.29, 1.82) is 0 Å². The molecule has 19 heavy (non-hydrogen) atoms. The summed E-state index contributed by atoms with van der Waals surface area (Å²) in [5, 5.41) is 6.18. The first-order valence-corrected chi connectivity index (χ1v) is 5.73. The third-order valence-electron chi connectivity index (χ3n) is 2.72. The van der Waals surface area contributed by atoms with Gasteiger partial charge in [-0.25, -0.2) is 4.98 Å². The molecule has 0 aliphatic carbocycles. The topological polar surface area (TPSA) is 90.0 Å². The summed E-state index contributed by atoms with van der Waals surface area (Å²) in [5.41, 5.74) is 0.973. The fraction of sp³-hybridized carbons (Fsp3) is 0.333. The molecule has 0 aliphatic rings. The molecule has 0 radical (unpaired) electrons. The highest BCUT2D eigenvalue weighted by Gasteiger charge is 2.10. The second-order valence-electron chi connectivity index (χ2n) is 4.26. The minimum Gasteiger partial charge on any atom is -0.360 e. The van der Waals surface area contributed by atoms with E-state index >= 15 is 0 Å². The Morgan fingerprint density at radius 1 is 1.42 bits per heavy atom. The molecule has 7 heteroatoms. The highest BCUT2D eigenvalue weighted by atomic mass is 16.5. The lowest BCUT2D eigenvalue weighted by Crippen LogP contribution is -2.29. The summed E-state index contributed by atoms with van der Waals surface area (Å²) >= 11 is 0. The van der Waals surface area contributed by atoms with Crippen molar-refractivity contribution in [2.45, 2.75) is 27.3 Å². The molecule has 0 spiro atoms. The number of rotatable bonds is 3. The van der Waals surface area contributed by atoms with E-state index in [1.807, 2.05) is 0 Å². The predicted molar refractivity (Wildman–Crippen MR) is 67.8 cm³/mol. The van der Waals surface area contributed by atoms with Crippen LogP contribution in [-0.4, -0.2) is 20.6 Å². The van der Waals surface area contributed by atoms with Crippen molar-refractivity contribution in [2.75, 3.05) is 5.32 Å². The largest absolute Gasteiger partial charge is 0.360 e. The zero-order valence-electron chi connectivity index (χ0n) is 10.9. The first-order valence-electron chi connectivity index (χ1n) is 5.73. The SMILES string of the molecule is Cc1cc(NC(=O)Cn2cnc(C)c(C)c2=O)no1. The first-order chi connectivity index (χ1) is 8.97. The van der Waals surface area contributed by atoms with E-state index in [0.29, 0.717) is 22.8 Å². The quantitative estimate of drug-likeness (QED) is 0.883. The van der Waals surface area contributed by atoms with Crippen LogP contribution in [0.3, 0.4) is 0 Å². The van der Waals surface area contributed by atoms with Gasteiger partial charge in [-0.15, -0.1) is 0 Å². The molecule has 100 valence electrons. The molecule has 0 saturated carbocycles. The molecule has 0 aliphatic heterocycles. The number of hydrogen-bond donors (Lipinski definition) is 1. The zero-order chi connectivity index (χ0) is 14.0. The van der Waals surface area contributed by atoms with Gasteiger partial charge < -0.3 is 9.84 Å². The third-order valence-corrected chi connectivity index (χ3v) is 2.72. The first kappa shape index (κ1) is 13.0. The molecular weight excluding hydrogens is 248 g/mol. The monoisotopic (exact) mass is 262 g/mol. The van der Waals surface area contributed by atoms with Gasteiger partial charge >= 0.3 is 0 Å². The van der Waals surface area contributed by atoms with E-state index in [-0.39, 0.29) is 18.0 Å². The molecule has 2 rings (SSSR count). The van der Waals surface area contributed by atoms with E-state index in [2.05, 4.69) is 15.5 Å². The molecule has 0 atom stereocenters. The number of carbonyl (C=O) groups excluding carboxylic acids is 1. The second-order valence-corrected chi connectivity index (χ2v) is 4.26. The number of aryl methyl sites for hydroxylation is 2. The maximum absolute atomic E-state index is 11.9. The Labute approximate surface area is 109 Å². The summed E-state index contributed by atoms with van der Waals surface area (Å²) < 4.78 is 6.08. The normalized spacial score (nSPS) is 10.5. The van der Waals surface area contributed by atoms with Gasteiger partial charge in [-0.1, -0.05) is 5.16 Å². The fourth-order valence-electron chi connectivity index (χ4n) is 1.55. The van der Waals surface area contributed by atoms with E-state index in [1.54, 1.807) is 26.8 Å². The molecular formula is C12H14N4O3. The lowest BCUT2D eigenvalue weighted by Gasteiger charge is -2.06. The highest BCUT2D eigenvalue weighted by molar-refractivity contribution is 5.89. The Morgan fingerprint density at radius 3 is 2.79 bits per heavy atom. The van der Waals surface area contributed by atoms with Gasteiger partial charge in [0, 0.05) is 17.3 Å². The van der Waals surface area contributed by atoms with Crippen molar-refractivity contribution in [1.82, 2.24) is 14.7 Å². The van der Waals surface area contributed by atoms with Gasteiger partial charge in [-0.05, 0) is 20.8 Å². The fourth-order valence-corrected chi connectivity index (χ4v) is 1.55. The van der Waals surface area contributed by atoms with Crippen LogP contribution in [0.5, 0.6) is 0 Å². The maximum Gasteiger partial charge on any atom is 0.256 e. The summed E-state index contributed by atoms with van der Waals surface area (Å²) in [4.78, 5) is 27.7. The Bertz CT molecular complexity index is 672. The summed E-state index contributed by atoms with van der Waals surface area (Å²) in [6, 6.07) is 1.60. The predicted octanol–water partition coefficient (Wildman–Crippen LogP) is 0.795. The van der Waals surface area contributed by atoms with Gasteiger partial charge in [0.1, 0.15) is 12.3 Å². The van der Waals surface area contributed by atoms with Gasteiger partial charge in [-0.3, -0.25) is 14.2 Å². The average molecular weight is 262 g/mol. The van der Waals surface area contributed by atoms with Crippen LogP contribution in [0.4, 0.5) is 5.82 Å². The number of hydrogen-bond acceptors (Lipinski definition) is 5. The number of nitrogens with one attached hydrogen (secondary N) is 1. The van der Waals surface area contributed by atoms with Crippen LogP contribution in [0.2, 0.25) is 0 Å². The molecule has 0 fully saturated rings. The van der Waals surface area contributed by atoms with E-state index in [4.69, 9.17) is 4.52 Å². The van der Waals surface area contributed by atoms with Crippen molar-refractivity contribution in [3.63, 3.8) is 0 Å². The molecule has 1 amide bonds. The van der Waals surface area contributed by atoms with Crippen LogP contribution in [0.1, 0.15) is 17.0 Å². The number of aromatic nitrogens is 3. The lowest BCUT2D eigenvalue weighted by atomic mass is 10.3. The van der Waals surface area contributed by atoms with E-state index < -0.39 is 0 Å². The maximum atomic E-state index is 11.9.